The van der Waals surface area contributed by atoms with E-state index in [-0.39, 0.29) is 13.0 Å². The van der Waals surface area contributed by atoms with Crippen molar-refractivity contribution in [3.8, 4) is 0 Å². The Hall–Kier alpha value is -0.280. The number of aliphatic hydroxyl groups excluding tert-OH is 6. The van der Waals surface area contributed by atoms with Gasteiger partial charge in [-0.2, -0.15) is 0 Å². The van der Waals surface area contributed by atoms with E-state index in [0.29, 0.717) is 19.3 Å². The fourth-order valence-corrected chi connectivity index (χ4v) is 2.52. The summed E-state index contributed by atoms with van der Waals surface area (Å²) < 4.78 is 0. The predicted molar refractivity (Wildman–Crippen MR) is 76.5 cm³/mol. The highest BCUT2D eigenvalue weighted by Crippen LogP contribution is 2.30. The van der Waals surface area contributed by atoms with Gasteiger partial charge in [0.05, 0.1) is 31.5 Å². The van der Waals surface area contributed by atoms with Crippen molar-refractivity contribution in [2.45, 2.75) is 43.8 Å². The van der Waals surface area contributed by atoms with E-state index in [1.165, 1.54) is 0 Å². The molecule has 0 fully saturated rings. The molecule has 0 aliphatic carbocycles. The van der Waals surface area contributed by atoms with E-state index in [1.54, 1.807) is 0 Å². The molecule has 0 saturated heterocycles. The molecule has 21 heavy (non-hydrogen) atoms. The molecule has 0 radical (unpaired) electrons. The molecule has 0 aromatic heterocycles. The molecule has 3 atom stereocenters. The third-order valence-electron chi connectivity index (χ3n) is 4.08. The van der Waals surface area contributed by atoms with Gasteiger partial charge in [-0.25, -0.2) is 0 Å². The van der Waals surface area contributed by atoms with Crippen LogP contribution in [0.15, 0.2) is 0 Å². The Labute approximate surface area is 125 Å². The van der Waals surface area contributed by atoms with Crippen LogP contribution < -0.4 is 0 Å². The molecule has 0 rings (SSSR count). The van der Waals surface area contributed by atoms with Crippen LogP contribution in [-0.2, 0) is 0 Å². The molecule has 3 unspecified atom stereocenters. The number of aliphatic hydroxyl groups is 7. The van der Waals surface area contributed by atoms with Gasteiger partial charge in [-0.3, -0.25) is 0 Å². The van der Waals surface area contributed by atoms with Gasteiger partial charge in [0.1, 0.15) is 0 Å². The molecule has 0 spiro atoms. The second kappa shape index (κ2) is 11.3. The Bertz CT molecular complexity index is 247. The number of unbranched alkanes of at least 4 members (excludes halogenated alkanes) is 2. The standard InChI is InChI=1S/C14H30O7/c15-5-3-1-2-4-13(20)6-11(7-16)14(21,10-19)12(8-17)9-18/h11-13,15-21H,1-10H2. The zero-order valence-electron chi connectivity index (χ0n) is 12.4. The van der Waals surface area contributed by atoms with Gasteiger partial charge in [-0.05, 0) is 19.3 Å². The van der Waals surface area contributed by atoms with E-state index < -0.39 is 50.0 Å². The Morgan fingerprint density at radius 2 is 1.33 bits per heavy atom. The zero-order chi connectivity index (χ0) is 16.3. The fourth-order valence-electron chi connectivity index (χ4n) is 2.52. The molecule has 128 valence electrons. The average Bonchev–Trinajstić information content (AvgIpc) is 2.50. The van der Waals surface area contributed by atoms with E-state index in [4.69, 9.17) is 5.11 Å². The van der Waals surface area contributed by atoms with Crippen molar-refractivity contribution in [2.75, 3.05) is 33.0 Å². The second-order valence-electron chi connectivity index (χ2n) is 5.55. The number of hydrogen-bond donors (Lipinski definition) is 7. The number of hydrogen-bond acceptors (Lipinski definition) is 7. The average molecular weight is 310 g/mol. The van der Waals surface area contributed by atoms with Crippen molar-refractivity contribution in [3.05, 3.63) is 0 Å². The smallest absolute Gasteiger partial charge is 0.0999 e. The summed E-state index contributed by atoms with van der Waals surface area (Å²) in [5.74, 6) is -1.83. The highest BCUT2D eigenvalue weighted by atomic mass is 16.3. The molecule has 7 nitrogen and oxygen atoms in total. The van der Waals surface area contributed by atoms with Crippen molar-refractivity contribution in [1.29, 1.82) is 0 Å². The molecule has 7 N–H and O–H groups in total. The van der Waals surface area contributed by atoms with Crippen molar-refractivity contribution in [2.24, 2.45) is 11.8 Å². The van der Waals surface area contributed by atoms with Crippen molar-refractivity contribution < 1.29 is 35.7 Å². The van der Waals surface area contributed by atoms with Crippen LogP contribution in [0, 0.1) is 11.8 Å². The van der Waals surface area contributed by atoms with E-state index in [9.17, 15) is 30.6 Å². The van der Waals surface area contributed by atoms with Gasteiger partial charge in [0.2, 0.25) is 0 Å². The van der Waals surface area contributed by atoms with E-state index in [1.807, 2.05) is 0 Å². The van der Waals surface area contributed by atoms with Crippen LogP contribution in [0.4, 0.5) is 0 Å². The lowest BCUT2D eigenvalue weighted by atomic mass is 9.75. The Kier molecular flexibility index (Phi) is 11.2. The lowest BCUT2D eigenvalue weighted by molar-refractivity contribution is -0.147. The maximum Gasteiger partial charge on any atom is 0.0999 e. The Morgan fingerprint density at radius 3 is 1.76 bits per heavy atom. The van der Waals surface area contributed by atoms with Crippen LogP contribution in [0.25, 0.3) is 0 Å². The van der Waals surface area contributed by atoms with E-state index in [0.717, 1.165) is 6.42 Å². The predicted octanol–water partition coefficient (Wildman–Crippen LogP) is -1.78. The third kappa shape index (κ3) is 6.56. The van der Waals surface area contributed by atoms with Crippen molar-refractivity contribution >= 4 is 0 Å². The first kappa shape index (κ1) is 20.7. The summed E-state index contributed by atoms with van der Waals surface area (Å²) in [5, 5.41) is 66.2. The SMILES string of the molecule is OCCCCCC(O)CC(CO)C(O)(CO)C(CO)CO. The summed E-state index contributed by atoms with van der Waals surface area (Å²) >= 11 is 0. The lowest BCUT2D eigenvalue weighted by Crippen LogP contribution is -2.53. The molecule has 0 amide bonds. The van der Waals surface area contributed by atoms with Crippen LogP contribution in [0.1, 0.15) is 32.1 Å². The van der Waals surface area contributed by atoms with Crippen LogP contribution in [0.2, 0.25) is 0 Å². The molecule has 0 heterocycles. The molecule has 0 aromatic carbocycles. The summed E-state index contributed by atoms with van der Waals surface area (Å²) in [7, 11) is 0. The largest absolute Gasteiger partial charge is 0.396 e. The molecule has 0 saturated carbocycles. The van der Waals surface area contributed by atoms with Crippen molar-refractivity contribution in [3.63, 3.8) is 0 Å². The first-order valence-corrected chi connectivity index (χ1v) is 7.44. The fraction of sp³-hybridized carbons (Fsp3) is 1.00. The van der Waals surface area contributed by atoms with Gasteiger partial charge in [0.25, 0.3) is 0 Å². The monoisotopic (exact) mass is 310 g/mol. The summed E-state index contributed by atoms with van der Waals surface area (Å²) in [6, 6.07) is 0. The minimum Gasteiger partial charge on any atom is -0.396 e. The first-order valence-electron chi connectivity index (χ1n) is 7.44. The first-order chi connectivity index (χ1) is 9.99. The molecule has 0 aliphatic heterocycles. The molecule has 0 aliphatic rings. The van der Waals surface area contributed by atoms with Crippen LogP contribution in [0.3, 0.4) is 0 Å². The van der Waals surface area contributed by atoms with Crippen LogP contribution in [0.5, 0.6) is 0 Å². The normalized spacial score (nSPS) is 17.7. The quantitative estimate of drug-likeness (QED) is 0.199. The van der Waals surface area contributed by atoms with Crippen LogP contribution in [-0.4, -0.2) is 80.5 Å². The maximum atomic E-state index is 10.4. The van der Waals surface area contributed by atoms with Gasteiger partial charge < -0.3 is 35.7 Å². The van der Waals surface area contributed by atoms with Gasteiger partial charge in [0, 0.05) is 25.0 Å². The molecular weight excluding hydrogens is 280 g/mol. The van der Waals surface area contributed by atoms with E-state index >= 15 is 0 Å². The third-order valence-corrected chi connectivity index (χ3v) is 4.08. The highest BCUT2D eigenvalue weighted by molar-refractivity contribution is 4.92. The van der Waals surface area contributed by atoms with Gasteiger partial charge in [-0.15, -0.1) is 0 Å². The summed E-state index contributed by atoms with van der Waals surface area (Å²) in [4.78, 5) is 0. The molecule has 7 heteroatoms. The molecule has 0 bridgehead atoms. The lowest BCUT2D eigenvalue weighted by Gasteiger charge is -2.39. The summed E-state index contributed by atoms with van der Waals surface area (Å²) in [5.41, 5.74) is -1.84. The molecule has 0 aromatic rings. The molecular formula is C14H30O7. The Morgan fingerprint density at radius 1 is 0.762 bits per heavy atom. The summed E-state index contributed by atoms with van der Waals surface area (Å²) in [6.45, 7) is -2.15. The van der Waals surface area contributed by atoms with Crippen LogP contribution >= 0.6 is 0 Å². The minimum absolute atomic E-state index is 0.0587. The number of rotatable bonds is 13. The minimum atomic E-state index is -1.84. The summed E-state index contributed by atoms with van der Waals surface area (Å²) in [6.07, 6.45) is 1.90. The van der Waals surface area contributed by atoms with Gasteiger partial charge in [0.15, 0.2) is 0 Å². The zero-order valence-corrected chi connectivity index (χ0v) is 12.4. The highest BCUT2D eigenvalue weighted by Gasteiger charge is 2.43. The second-order valence-corrected chi connectivity index (χ2v) is 5.55. The Balaban J connectivity index is 4.57. The van der Waals surface area contributed by atoms with Crippen molar-refractivity contribution in [1.82, 2.24) is 0 Å². The van der Waals surface area contributed by atoms with Gasteiger partial charge in [-0.1, -0.05) is 12.8 Å². The van der Waals surface area contributed by atoms with E-state index in [2.05, 4.69) is 0 Å². The topological polar surface area (TPSA) is 142 Å². The maximum absolute atomic E-state index is 10.4. The van der Waals surface area contributed by atoms with Gasteiger partial charge >= 0.3 is 0 Å².